The van der Waals surface area contributed by atoms with Gasteiger partial charge in [-0.15, -0.1) is 0 Å². The summed E-state index contributed by atoms with van der Waals surface area (Å²) in [7, 11) is 1.57. The maximum absolute atomic E-state index is 12.2. The van der Waals surface area contributed by atoms with Crippen molar-refractivity contribution < 1.29 is 14.6 Å². The van der Waals surface area contributed by atoms with Gasteiger partial charge in [0.2, 0.25) is 0 Å². The van der Waals surface area contributed by atoms with Crippen LogP contribution in [-0.2, 0) is 0 Å². The summed E-state index contributed by atoms with van der Waals surface area (Å²) in [6.45, 7) is 1.77. The van der Waals surface area contributed by atoms with Gasteiger partial charge in [-0.2, -0.15) is 0 Å². The van der Waals surface area contributed by atoms with Crippen LogP contribution in [0, 0.1) is 6.92 Å². The topological polar surface area (TPSA) is 58.6 Å². The Morgan fingerprint density at radius 1 is 1.25 bits per heavy atom. The van der Waals surface area contributed by atoms with Gasteiger partial charge in [0, 0.05) is 21.8 Å². The number of carbonyl (C=O) groups excluding carboxylic acids is 1. The number of nitrogens with one attached hydrogen (secondary N) is 1. The Hall–Kier alpha value is -2.01. The zero-order chi connectivity index (χ0) is 14.7. The molecule has 0 unspecified atom stereocenters. The summed E-state index contributed by atoms with van der Waals surface area (Å²) in [5, 5.41) is 12.2. The van der Waals surface area contributed by atoms with Crippen molar-refractivity contribution in [1.29, 1.82) is 0 Å². The van der Waals surface area contributed by atoms with E-state index in [-0.39, 0.29) is 11.7 Å². The molecule has 2 rings (SSSR count). The van der Waals surface area contributed by atoms with Crippen molar-refractivity contribution in [1.82, 2.24) is 0 Å². The van der Waals surface area contributed by atoms with Crippen molar-refractivity contribution >= 4 is 27.5 Å². The van der Waals surface area contributed by atoms with Crippen molar-refractivity contribution in [3.05, 3.63) is 52.0 Å². The predicted octanol–water partition coefficient (Wildman–Crippen LogP) is 3.72. The highest BCUT2D eigenvalue weighted by Crippen LogP contribution is 2.25. The average Bonchev–Trinajstić information content (AvgIpc) is 2.37. The molecule has 0 radical (unpaired) electrons. The molecule has 2 aromatic rings. The third-order valence-electron chi connectivity index (χ3n) is 2.82. The van der Waals surface area contributed by atoms with E-state index in [0.717, 1.165) is 4.47 Å². The highest BCUT2D eigenvalue weighted by atomic mass is 79.9. The molecule has 0 aliphatic rings. The molecule has 0 aliphatic heterocycles. The molecule has 0 aromatic heterocycles. The van der Waals surface area contributed by atoms with Gasteiger partial charge < -0.3 is 15.2 Å². The van der Waals surface area contributed by atoms with Gasteiger partial charge in [-0.1, -0.05) is 15.9 Å². The van der Waals surface area contributed by atoms with Gasteiger partial charge in [0.25, 0.3) is 5.91 Å². The lowest BCUT2D eigenvalue weighted by atomic mass is 10.1. The van der Waals surface area contributed by atoms with E-state index in [1.807, 2.05) is 6.07 Å². The zero-order valence-corrected chi connectivity index (χ0v) is 12.7. The van der Waals surface area contributed by atoms with Crippen LogP contribution in [0.15, 0.2) is 40.9 Å². The number of ether oxygens (including phenoxy) is 1. The van der Waals surface area contributed by atoms with Crippen LogP contribution in [0.4, 0.5) is 5.69 Å². The molecule has 1 amide bonds. The summed E-state index contributed by atoms with van der Waals surface area (Å²) in [5.74, 6) is 0.558. The number of methoxy groups -OCH3 is 1. The van der Waals surface area contributed by atoms with E-state index in [2.05, 4.69) is 21.2 Å². The minimum Gasteiger partial charge on any atom is -0.508 e. The number of hydrogen-bond donors (Lipinski definition) is 2. The number of phenols is 1. The number of aromatic hydroxyl groups is 1. The van der Waals surface area contributed by atoms with Crippen LogP contribution in [-0.4, -0.2) is 18.1 Å². The predicted molar refractivity (Wildman–Crippen MR) is 81.5 cm³/mol. The van der Waals surface area contributed by atoms with Crippen LogP contribution in [0.3, 0.4) is 0 Å². The molecule has 5 heteroatoms. The molecular weight excluding hydrogens is 322 g/mol. The largest absolute Gasteiger partial charge is 0.508 e. The van der Waals surface area contributed by atoms with Crippen LogP contribution in [0.25, 0.3) is 0 Å². The molecule has 0 heterocycles. The van der Waals surface area contributed by atoms with E-state index in [0.29, 0.717) is 22.6 Å². The summed E-state index contributed by atoms with van der Waals surface area (Å²) < 4.78 is 5.96. The van der Waals surface area contributed by atoms with Crippen LogP contribution in [0.2, 0.25) is 0 Å². The van der Waals surface area contributed by atoms with Gasteiger partial charge in [-0.25, -0.2) is 0 Å². The first-order valence-electron chi connectivity index (χ1n) is 5.95. The zero-order valence-electron chi connectivity index (χ0n) is 11.1. The third kappa shape index (κ3) is 3.30. The van der Waals surface area contributed by atoms with Crippen molar-refractivity contribution in [2.24, 2.45) is 0 Å². The molecule has 104 valence electrons. The molecule has 0 fully saturated rings. The summed E-state index contributed by atoms with van der Waals surface area (Å²) in [6, 6.07) is 9.96. The Kier molecular flexibility index (Phi) is 4.29. The number of benzene rings is 2. The van der Waals surface area contributed by atoms with Crippen LogP contribution in [0.1, 0.15) is 15.9 Å². The summed E-state index contributed by atoms with van der Waals surface area (Å²) in [5.41, 5.74) is 1.86. The molecule has 0 atom stereocenters. The van der Waals surface area contributed by atoms with Crippen molar-refractivity contribution in [2.45, 2.75) is 6.92 Å². The Bertz CT molecular complexity index is 656. The van der Waals surface area contributed by atoms with Gasteiger partial charge in [0.05, 0.1) is 7.11 Å². The van der Waals surface area contributed by atoms with E-state index in [1.165, 1.54) is 6.07 Å². The Morgan fingerprint density at radius 2 is 2.00 bits per heavy atom. The number of hydrogen-bond acceptors (Lipinski definition) is 3. The number of amides is 1. The Morgan fingerprint density at radius 3 is 2.65 bits per heavy atom. The van der Waals surface area contributed by atoms with E-state index >= 15 is 0 Å². The fraction of sp³-hybridized carbons (Fsp3) is 0.133. The maximum Gasteiger partial charge on any atom is 0.255 e. The molecule has 4 nitrogen and oxygen atoms in total. The fourth-order valence-corrected chi connectivity index (χ4v) is 2.33. The summed E-state index contributed by atoms with van der Waals surface area (Å²) in [6.07, 6.45) is 0. The van der Waals surface area contributed by atoms with Gasteiger partial charge >= 0.3 is 0 Å². The van der Waals surface area contributed by atoms with Gasteiger partial charge in [-0.3, -0.25) is 4.79 Å². The maximum atomic E-state index is 12.2. The van der Waals surface area contributed by atoms with Gasteiger partial charge in [0.15, 0.2) is 0 Å². The van der Waals surface area contributed by atoms with Crippen LogP contribution < -0.4 is 10.1 Å². The fourth-order valence-electron chi connectivity index (χ4n) is 1.85. The van der Waals surface area contributed by atoms with Gasteiger partial charge in [0.1, 0.15) is 11.5 Å². The third-order valence-corrected chi connectivity index (χ3v) is 3.28. The molecule has 0 spiro atoms. The average molecular weight is 336 g/mol. The molecule has 0 saturated carbocycles. The second kappa shape index (κ2) is 5.96. The normalized spacial score (nSPS) is 10.2. The SMILES string of the molecule is COc1cc(Br)cc(NC(=O)c2ccc(O)cc2C)c1. The molecule has 20 heavy (non-hydrogen) atoms. The van der Waals surface area contributed by atoms with E-state index in [1.54, 1.807) is 38.3 Å². The minimum atomic E-state index is -0.234. The Labute approximate surface area is 125 Å². The number of rotatable bonds is 3. The van der Waals surface area contributed by atoms with E-state index < -0.39 is 0 Å². The number of carbonyl (C=O) groups is 1. The standard InChI is InChI=1S/C15H14BrNO3/c1-9-5-12(18)3-4-14(9)15(19)17-11-6-10(16)7-13(8-11)20-2/h3-8,18H,1-2H3,(H,17,19). The number of halogens is 1. The lowest BCUT2D eigenvalue weighted by Crippen LogP contribution is -2.13. The second-order valence-electron chi connectivity index (χ2n) is 4.33. The molecular formula is C15H14BrNO3. The van der Waals surface area contributed by atoms with Crippen molar-refractivity contribution in [3.63, 3.8) is 0 Å². The molecule has 2 aromatic carbocycles. The highest BCUT2D eigenvalue weighted by Gasteiger charge is 2.10. The first-order valence-corrected chi connectivity index (χ1v) is 6.74. The molecule has 2 N–H and O–H groups in total. The van der Waals surface area contributed by atoms with E-state index in [9.17, 15) is 9.90 Å². The quantitative estimate of drug-likeness (QED) is 0.898. The van der Waals surface area contributed by atoms with Crippen LogP contribution in [0.5, 0.6) is 11.5 Å². The lowest BCUT2D eigenvalue weighted by molar-refractivity contribution is 0.102. The summed E-state index contributed by atoms with van der Waals surface area (Å²) in [4.78, 5) is 12.2. The molecule has 0 aliphatic carbocycles. The lowest BCUT2D eigenvalue weighted by Gasteiger charge is -2.10. The first kappa shape index (κ1) is 14.4. The smallest absolute Gasteiger partial charge is 0.255 e. The monoisotopic (exact) mass is 335 g/mol. The second-order valence-corrected chi connectivity index (χ2v) is 5.25. The summed E-state index contributed by atoms with van der Waals surface area (Å²) >= 11 is 3.36. The van der Waals surface area contributed by atoms with Gasteiger partial charge in [-0.05, 0) is 42.8 Å². The number of phenolic OH excluding ortho intramolecular Hbond substituents is 1. The molecule has 0 saturated heterocycles. The Balaban J connectivity index is 2.25. The van der Waals surface area contributed by atoms with E-state index in [4.69, 9.17) is 4.74 Å². The van der Waals surface area contributed by atoms with Crippen molar-refractivity contribution in [3.8, 4) is 11.5 Å². The minimum absolute atomic E-state index is 0.142. The highest BCUT2D eigenvalue weighted by molar-refractivity contribution is 9.10. The first-order chi connectivity index (χ1) is 9.49. The van der Waals surface area contributed by atoms with Crippen LogP contribution >= 0.6 is 15.9 Å². The molecule has 0 bridgehead atoms. The number of anilines is 1. The number of aryl methyl sites for hydroxylation is 1. The van der Waals surface area contributed by atoms with Crippen molar-refractivity contribution in [2.75, 3.05) is 12.4 Å².